The van der Waals surface area contributed by atoms with Gasteiger partial charge in [-0.3, -0.25) is 9.78 Å². The van der Waals surface area contributed by atoms with Gasteiger partial charge < -0.3 is 5.11 Å². The maximum Gasteiger partial charge on any atom is 0.337 e. The van der Waals surface area contributed by atoms with Gasteiger partial charge in [-0.25, -0.2) is 4.79 Å². The van der Waals surface area contributed by atoms with Gasteiger partial charge in [0.25, 0.3) is 0 Å². The maximum atomic E-state index is 12.6. The molecule has 1 N–H and O–H groups in total. The number of rotatable bonds is 3. The number of hydrogen-bond acceptors (Lipinski definition) is 3. The Kier molecular flexibility index (Phi) is 3.20. The fourth-order valence-corrected chi connectivity index (χ4v) is 2.26. The van der Waals surface area contributed by atoms with Crippen LogP contribution in [0, 0.1) is 0 Å². The zero-order chi connectivity index (χ0) is 14.8. The van der Waals surface area contributed by atoms with Crippen LogP contribution in [-0.4, -0.2) is 21.8 Å². The van der Waals surface area contributed by atoms with Crippen LogP contribution >= 0.6 is 0 Å². The first-order valence-electron chi connectivity index (χ1n) is 6.37. The highest BCUT2D eigenvalue weighted by molar-refractivity contribution is 6.16. The average molecular weight is 277 g/mol. The first-order chi connectivity index (χ1) is 10.2. The molecular formula is C17H11NO3. The summed E-state index contributed by atoms with van der Waals surface area (Å²) in [7, 11) is 0. The summed E-state index contributed by atoms with van der Waals surface area (Å²) in [5.41, 5.74) is 0.810. The van der Waals surface area contributed by atoms with Gasteiger partial charge in [0.05, 0.1) is 5.56 Å². The fourth-order valence-electron chi connectivity index (χ4n) is 2.26. The van der Waals surface area contributed by atoms with E-state index < -0.39 is 5.97 Å². The molecule has 21 heavy (non-hydrogen) atoms. The minimum atomic E-state index is -1.10. The van der Waals surface area contributed by atoms with Crippen molar-refractivity contribution in [3.8, 4) is 0 Å². The number of carboxylic acids is 1. The number of pyridine rings is 1. The number of aromatic nitrogens is 1. The van der Waals surface area contributed by atoms with E-state index in [4.69, 9.17) is 5.11 Å². The third-order valence-electron chi connectivity index (χ3n) is 3.28. The number of nitrogens with zero attached hydrogens (tertiary/aromatic N) is 1. The van der Waals surface area contributed by atoms with E-state index >= 15 is 0 Å². The lowest BCUT2D eigenvalue weighted by molar-refractivity contribution is 0.0696. The topological polar surface area (TPSA) is 67.3 Å². The molecular weight excluding hydrogens is 266 g/mol. The molecule has 0 saturated carbocycles. The molecule has 0 aliphatic heterocycles. The van der Waals surface area contributed by atoms with Crippen molar-refractivity contribution in [3.63, 3.8) is 0 Å². The predicted molar refractivity (Wildman–Crippen MR) is 78.6 cm³/mol. The van der Waals surface area contributed by atoms with E-state index in [0.29, 0.717) is 5.56 Å². The summed E-state index contributed by atoms with van der Waals surface area (Å²) < 4.78 is 0. The first kappa shape index (κ1) is 13.0. The molecule has 102 valence electrons. The number of ketones is 1. The summed E-state index contributed by atoms with van der Waals surface area (Å²) in [6.07, 6.45) is 2.61. The Morgan fingerprint density at radius 1 is 0.905 bits per heavy atom. The molecule has 2 aromatic carbocycles. The summed E-state index contributed by atoms with van der Waals surface area (Å²) in [6.45, 7) is 0. The molecule has 0 atom stereocenters. The summed E-state index contributed by atoms with van der Waals surface area (Å²) in [5.74, 6) is -1.34. The number of benzene rings is 2. The van der Waals surface area contributed by atoms with Gasteiger partial charge in [-0.1, -0.05) is 42.5 Å². The SMILES string of the molecule is O=C(O)c1cncc(C(=O)c2cccc3ccccc23)c1. The standard InChI is InChI=1S/C17H11NO3/c19-16(12-8-13(17(20)21)10-18-9-12)15-7-3-5-11-4-1-2-6-14(11)15/h1-10H,(H,20,21). The van der Waals surface area contributed by atoms with Crippen LogP contribution in [0.3, 0.4) is 0 Å². The molecule has 1 heterocycles. The van der Waals surface area contributed by atoms with Crippen molar-refractivity contribution in [2.75, 3.05) is 0 Å². The van der Waals surface area contributed by atoms with E-state index in [1.165, 1.54) is 18.5 Å². The molecule has 4 heteroatoms. The molecule has 0 saturated heterocycles. The largest absolute Gasteiger partial charge is 0.478 e. The van der Waals surface area contributed by atoms with Crippen LogP contribution in [0.2, 0.25) is 0 Å². The Morgan fingerprint density at radius 2 is 1.62 bits per heavy atom. The van der Waals surface area contributed by atoms with Crippen LogP contribution in [0.1, 0.15) is 26.3 Å². The molecule has 3 aromatic rings. The van der Waals surface area contributed by atoms with E-state index in [1.54, 1.807) is 6.07 Å². The third kappa shape index (κ3) is 2.39. The first-order valence-corrected chi connectivity index (χ1v) is 6.37. The molecule has 0 fully saturated rings. The van der Waals surface area contributed by atoms with Crippen molar-refractivity contribution in [3.05, 3.63) is 77.6 Å². The van der Waals surface area contributed by atoms with Gasteiger partial charge in [0.1, 0.15) is 0 Å². The number of hydrogen-bond donors (Lipinski definition) is 1. The van der Waals surface area contributed by atoms with Crippen molar-refractivity contribution in [2.24, 2.45) is 0 Å². The third-order valence-corrected chi connectivity index (χ3v) is 3.28. The summed E-state index contributed by atoms with van der Waals surface area (Å²) in [4.78, 5) is 27.4. The fraction of sp³-hybridized carbons (Fsp3) is 0. The molecule has 4 nitrogen and oxygen atoms in total. The van der Waals surface area contributed by atoms with Crippen LogP contribution in [0.15, 0.2) is 60.9 Å². The van der Waals surface area contributed by atoms with Crippen molar-refractivity contribution in [2.45, 2.75) is 0 Å². The number of carbonyl (C=O) groups excluding carboxylic acids is 1. The van der Waals surface area contributed by atoms with Crippen LogP contribution in [0.5, 0.6) is 0 Å². The van der Waals surface area contributed by atoms with Gasteiger partial charge in [0, 0.05) is 23.5 Å². The Hall–Kier alpha value is -3.01. The molecule has 0 radical (unpaired) electrons. The molecule has 0 aliphatic carbocycles. The minimum absolute atomic E-state index is 0.00101. The van der Waals surface area contributed by atoms with Crippen LogP contribution < -0.4 is 0 Å². The number of carbonyl (C=O) groups is 2. The Labute approximate surface area is 120 Å². The summed E-state index contributed by atoms with van der Waals surface area (Å²) in [5, 5.41) is 10.8. The van der Waals surface area contributed by atoms with Crippen LogP contribution in [0.4, 0.5) is 0 Å². The van der Waals surface area contributed by atoms with Crippen molar-refractivity contribution in [1.29, 1.82) is 0 Å². The Balaban J connectivity index is 2.13. The van der Waals surface area contributed by atoms with Gasteiger partial charge in [-0.2, -0.15) is 0 Å². The Morgan fingerprint density at radius 3 is 2.43 bits per heavy atom. The second-order valence-corrected chi connectivity index (χ2v) is 4.62. The lowest BCUT2D eigenvalue weighted by atomic mass is 9.97. The van der Waals surface area contributed by atoms with Crippen LogP contribution in [-0.2, 0) is 0 Å². The highest BCUT2D eigenvalue weighted by Gasteiger charge is 2.14. The van der Waals surface area contributed by atoms with E-state index in [1.807, 2.05) is 36.4 Å². The van der Waals surface area contributed by atoms with Gasteiger partial charge in [-0.15, -0.1) is 0 Å². The smallest absolute Gasteiger partial charge is 0.337 e. The predicted octanol–water partition coefficient (Wildman–Crippen LogP) is 3.16. The number of aromatic carboxylic acids is 1. The molecule has 3 rings (SSSR count). The molecule has 0 spiro atoms. The summed E-state index contributed by atoms with van der Waals surface area (Å²) in [6, 6.07) is 14.4. The second kappa shape index (κ2) is 5.17. The van der Waals surface area contributed by atoms with E-state index in [0.717, 1.165) is 10.8 Å². The molecule has 1 aromatic heterocycles. The average Bonchev–Trinajstić information content (AvgIpc) is 2.53. The number of fused-ring (bicyclic) bond motifs is 1. The minimum Gasteiger partial charge on any atom is -0.478 e. The van der Waals surface area contributed by atoms with E-state index in [2.05, 4.69) is 4.98 Å². The number of carboxylic acid groups (broad SMARTS) is 1. The van der Waals surface area contributed by atoms with Gasteiger partial charge in [0.2, 0.25) is 0 Å². The lowest BCUT2D eigenvalue weighted by Gasteiger charge is -2.06. The Bertz CT molecular complexity index is 850. The summed E-state index contributed by atoms with van der Waals surface area (Å²) >= 11 is 0. The highest BCUT2D eigenvalue weighted by atomic mass is 16.4. The lowest BCUT2D eigenvalue weighted by Crippen LogP contribution is -2.06. The second-order valence-electron chi connectivity index (χ2n) is 4.62. The molecule has 0 aliphatic rings. The van der Waals surface area contributed by atoms with Crippen molar-refractivity contribution >= 4 is 22.5 Å². The zero-order valence-corrected chi connectivity index (χ0v) is 11.0. The van der Waals surface area contributed by atoms with E-state index in [-0.39, 0.29) is 16.9 Å². The quantitative estimate of drug-likeness (QED) is 0.747. The van der Waals surface area contributed by atoms with E-state index in [9.17, 15) is 9.59 Å². The normalized spacial score (nSPS) is 10.5. The van der Waals surface area contributed by atoms with Crippen LogP contribution in [0.25, 0.3) is 10.8 Å². The zero-order valence-electron chi connectivity index (χ0n) is 11.0. The van der Waals surface area contributed by atoms with Crippen molar-refractivity contribution in [1.82, 2.24) is 4.98 Å². The molecule has 0 amide bonds. The van der Waals surface area contributed by atoms with Gasteiger partial charge in [-0.05, 0) is 16.8 Å². The monoisotopic (exact) mass is 277 g/mol. The highest BCUT2D eigenvalue weighted by Crippen LogP contribution is 2.21. The molecule has 0 bridgehead atoms. The maximum absolute atomic E-state index is 12.6. The van der Waals surface area contributed by atoms with Crippen molar-refractivity contribution < 1.29 is 14.7 Å². The van der Waals surface area contributed by atoms with Gasteiger partial charge >= 0.3 is 5.97 Å². The molecule has 0 unspecified atom stereocenters. The van der Waals surface area contributed by atoms with Gasteiger partial charge in [0.15, 0.2) is 5.78 Å².